The minimum absolute atomic E-state index is 0.108. The number of ketones is 1. The van der Waals surface area contributed by atoms with E-state index >= 15 is 0 Å². The summed E-state index contributed by atoms with van der Waals surface area (Å²) in [7, 11) is 0. The molecule has 0 aliphatic heterocycles. The van der Waals surface area contributed by atoms with Gasteiger partial charge in [-0.2, -0.15) is 0 Å². The topological polar surface area (TPSA) is 56.0 Å². The zero-order valence-corrected chi connectivity index (χ0v) is 12.2. The molecule has 0 aliphatic rings. The Morgan fingerprint density at radius 3 is 2.40 bits per heavy atom. The molecule has 0 radical (unpaired) electrons. The monoisotopic (exact) mass is 268 g/mol. The summed E-state index contributed by atoms with van der Waals surface area (Å²) < 4.78 is 0. The van der Waals surface area contributed by atoms with Gasteiger partial charge in [-0.25, -0.2) is 0 Å². The first kappa shape index (κ1) is 14.4. The predicted octanol–water partition coefficient (Wildman–Crippen LogP) is 2.89. The molecule has 2 aromatic rings. The number of aromatic nitrogens is 1. The molecule has 0 fully saturated rings. The maximum atomic E-state index is 12.4. The molecule has 0 atom stereocenters. The van der Waals surface area contributed by atoms with Crippen LogP contribution in [0.4, 0.5) is 0 Å². The molecule has 0 unspecified atom stereocenters. The van der Waals surface area contributed by atoms with E-state index in [4.69, 9.17) is 5.73 Å². The lowest BCUT2D eigenvalue weighted by atomic mass is 9.94. The first-order chi connectivity index (χ1) is 9.51. The lowest BCUT2D eigenvalue weighted by Gasteiger charge is -2.11. The largest absolute Gasteiger partial charge is 0.325 e. The van der Waals surface area contributed by atoms with Gasteiger partial charge >= 0.3 is 0 Å². The Bertz CT molecular complexity index is 624. The number of carbonyl (C=O) groups excluding carboxylic acids is 1. The second-order valence-corrected chi connectivity index (χ2v) is 5.22. The van der Waals surface area contributed by atoms with Crippen LogP contribution in [0.25, 0.3) is 0 Å². The molecular formula is C17H20N2O. The number of nitrogens with zero attached hydrogens (tertiary/aromatic N) is 1. The van der Waals surface area contributed by atoms with E-state index in [9.17, 15) is 4.79 Å². The number of rotatable bonds is 4. The predicted molar refractivity (Wildman–Crippen MR) is 80.8 cm³/mol. The third-order valence-corrected chi connectivity index (χ3v) is 3.53. The second-order valence-electron chi connectivity index (χ2n) is 5.22. The molecule has 104 valence electrons. The van der Waals surface area contributed by atoms with Gasteiger partial charge in [-0.15, -0.1) is 0 Å². The van der Waals surface area contributed by atoms with Crippen molar-refractivity contribution in [3.8, 4) is 0 Å². The molecule has 1 aromatic heterocycles. The summed E-state index contributed by atoms with van der Waals surface area (Å²) in [5, 5.41) is 0. The number of aryl methyl sites for hydroxylation is 3. The number of hydrogen-bond donors (Lipinski definition) is 1. The first-order valence-electron chi connectivity index (χ1n) is 6.76. The molecule has 20 heavy (non-hydrogen) atoms. The SMILES string of the molecule is Cc1cc(C)c(CC(=O)c2ccnc(CN)c2)c(C)c1. The summed E-state index contributed by atoms with van der Waals surface area (Å²) in [5.41, 5.74) is 11.7. The summed E-state index contributed by atoms with van der Waals surface area (Å²) in [5.74, 6) is 0.108. The van der Waals surface area contributed by atoms with Gasteiger partial charge in [0.15, 0.2) is 5.78 Å². The van der Waals surface area contributed by atoms with E-state index in [2.05, 4.69) is 37.9 Å². The van der Waals surface area contributed by atoms with Crippen LogP contribution in [0, 0.1) is 20.8 Å². The second kappa shape index (κ2) is 5.97. The van der Waals surface area contributed by atoms with Gasteiger partial charge in [-0.3, -0.25) is 9.78 Å². The van der Waals surface area contributed by atoms with Crippen LogP contribution in [0.15, 0.2) is 30.5 Å². The van der Waals surface area contributed by atoms with Crippen molar-refractivity contribution in [2.75, 3.05) is 0 Å². The van der Waals surface area contributed by atoms with E-state index in [1.165, 1.54) is 16.7 Å². The molecule has 0 aliphatic carbocycles. The molecule has 3 nitrogen and oxygen atoms in total. The van der Waals surface area contributed by atoms with Gasteiger partial charge in [0.1, 0.15) is 0 Å². The molecule has 0 spiro atoms. The highest BCUT2D eigenvalue weighted by atomic mass is 16.1. The van der Waals surface area contributed by atoms with Crippen molar-refractivity contribution in [1.82, 2.24) is 4.98 Å². The van der Waals surface area contributed by atoms with Gasteiger partial charge in [0.25, 0.3) is 0 Å². The molecule has 3 heteroatoms. The average molecular weight is 268 g/mol. The van der Waals surface area contributed by atoms with Crippen molar-refractivity contribution in [2.45, 2.75) is 33.7 Å². The molecule has 1 aromatic carbocycles. The summed E-state index contributed by atoms with van der Waals surface area (Å²) in [6.07, 6.45) is 2.07. The highest BCUT2D eigenvalue weighted by Gasteiger charge is 2.12. The van der Waals surface area contributed by atoms with Gasteiger partial charge in [0.2, 0.25) is 0 Å². The van der Waals surface area contributed by atoms with Gasteiger partial charge in [0, 0.05) is 24.7 Å². The van der Waals surface area contributed by atoms with Crippen LogP contribution >= 0.6 is 0 Å². The molecule has 0 bridgehead atoms. The molecule has 2 N–H and O–H groups in total. The Morgan fingerprint density at radius 2 is 1.80 bits per heavy atom. The number of benzene rings is 1. The Balaban J connectivity index is 2.28. The zero-order chi connectivity index (χ0) is 14.7. The fraction of sp³-hybridized carbons (Fsp3) is 0.294. The molecule has 0 amide bonds. The van der Waals surface area contributed by atoms with Crippen LogP contribution in [-0.4, -0.2) is 10.8 Å². The number of pyridine rings is 1. The van der Waals surface area contributed by atoms with Crippen LogP contribution in [0.5, 0.6) is 0 Å². The lowest BCUT2D eigenvalue weighted by Crippen LogP contribution is -2.09. The zero-order valence-electron chi connectivity index (χ0n) is 12.2. The molecule has 0 saturated carbocycles. The maximum Gasteiger partial charge on any atom is 0.167 e. The van der Waals surface area contributed by atoms with Crippen LogP contribution in [-0.2, 0) is 13.0 Å². The first-order valence-corrected chi connectivity index (χ1v) is 6.76. The van der Waals surface area contributed by atoms with Crippen molar-refractivity contribution >= 4 is 5.78 Å². The van der Waals surface area contributed by atoms with Crippen molar-refractivity contribution in [3.63, 3.8) is 0 Å². The molecule has 0 saturated heterocycles. The third kappa shape index (κ3) is 3.11. The molecule has 1 heterocycles. The standard InChI is InChI=1S/C17H20N2O/c1-11-6-12(2)16(13(3)7-11)9-17(20)14-4-5-19-15(8-14)10-18/h4-8H,9-10,18H2,1-3H3. The van der Waals surface area contributed by atoms with E-state index in [1.807, 2.05) is 0 Å². The average Bonchev–Trinajstić information content (AvgIpc) is 2.42. The van der Waals surface area contributed by atoms with Gasteiger partial charge in [0.05, 0.1) is 5.69 Å². The fourth-order valence-corrected chi connectivity index (χ4v) is 2.51. The normalized spacial score (nSPS) is 10.6. The fourth-order valence-electron chi connectivity index (χ4n) is 2.51. The van der Waals surface area contributed by atoms with Crippen molar-refractivity contribution in [3.05, 3.63) is 64.0 Å². The summed E-state index contributed by atoms with van der Waals surface area (Å²) in [6, 6.07) is 7.77. The van der Waals surface area contributed by atoms with E-state index in [0.717, 1.165) is 11.3 Å². The van der Waals surface area contributed by atoms with Crippen molar-refractivity contribution in [1.29, 1.82) is 0 Å². The third-order valence-electron chi connectivity index (χ3n) is 3.53. The van der Waals surface area contributed by atoms with E-state index in [0.29, 0.717) is 18.5 Å². The van der Waals surface area contributed by atoms with Crippen molar-refractivity contribution in [2.24, 2.45) is 5.73 Å². The minimum Gasteiger partial charge on any atom is -0.325 e. The van der Waals surface area contributed by atoms with E-state index in [1.54, 1.807) is 18.3 Å². The molecular weight excluding hydrogens is 248 g/mol. The number of Topliss-reactive ketones (excluding diaryl/α,β-unsaturated/α-hetero) is 1. The lowest BCUT2D eigenvalue weighted by molar-refractivity contribution is 0.0992. The summed E-state index contributed by atoms with van der Waals surface area (Å²) in [6.45, 7) is 6.53. The maximum absolute atomic E-state index is 12.4. The van der Waals surface area contributed by atoms with Gasteiger partial charge in [-0.05, 0) is 49.6 Å². The smallest absolute Gasteiger partial charge is 0.167 e. The Morgan fingerprint density at radius 1 is 1.15 bits per heavy atom. The highest BCUT2D eigenvalue weighted by Crippen LogP contribution is 2.18. The number of carbonyl (C=O) groups is 1. The van der Waals surface area contributed by atoms with Gasteiger partial charge < -0.3 is 5.73 Å². The van der Waals surface area contributed by atoms with Gasteiger partial charge in [-0.1, -0.05) is 17.7 Å². The molecule has 2 rings (SSSR count). The number of nitrogens with two attached hydrogens (primary N) is 1. The Kier molecular flexibility index (Phi) is 4.30. The Hall–Kier alpha value is -2.00. The van der Waals surface area contributed by atoms with E-state index in [-0.39, 0.29) is 5.78 Å². The summed E-state index contributed by atoms with van der Waals surface area (Å²) in [4.78, 5) is 16.5. The van der Waals surface area contributed by atoms with Crippen molar-refractivity contribution < 1.29 is 4.79 Å². The quantitative estimate of drug-likeness (QED) is 0.867. The van der Waals surface area contributed by atoms with Crippen LogP contribution in [0.1, 0.15) is 38.3 Å². The Labute approximate surface area is 119 Å². The highest BCUT2D eigenvalue weighted by molar-refractivity contribution is 5.97. The van der Waals surface area contributed by atoms with Crippen LogP contribution in [0.3, 0.4) is 0 Å². The number of hydrogen-bond acceptors (Lipinski definition) is 3. The minimum atomic E-state index is 0.108. The van der Waals surface area contributed by atoms with E-state index < -0.39 is 0 Å². The van der Waals surface area contributed by atoms with Crippen LogP contribution in [0.2, 0.25) is 0 Å². The summed E-state index contributed by atoms with van der Waals surface area (Å²) >= 11 is 0. The van der Waals surface area contributed by atoms with Crippen LogP contribution < -0.4 is 5.73 Å².